The van der Waals surface area contributed by atoms with Crippen molar-refractivity contribution in [3.05, 3.63) is 34.8 Å². The quantitative estimate of drug-likeness (QED) is 0.759. The lowest BCUT2D eigenvalue weighted by atomic mass is 9.85. The highest BCUT2D eigenvalue weighted by atomic mass is 79.9. The van der Waals surface area contributed by atoms with E-state index in [9.17, 15) is 0 Å². The van der Waals surface area contributed by atoms with Gasteiger partial charge in [-0.05, 0) is 40.9 Å². The second-order valence-corrected chi connectivity index (χ2v) is 4.71. The lowest BCUT2D eigenvalue weighted by molar-refractivity contribution is 0.400. The summed E-state index contributed by atoms with van der Waals surface area (Å²) in [5.74, 6) is 1.92. The van der Waals surface area contributed by atoms with Crippen LogP contribution in [-0.4, -0.2) is 9.38 Å². The first-order valence-electron chi connectivity index (χ1n) is 4.98. The molecule has 1 aliphatic rings. The molecule has 0 unspecified atom stereocenters. The normalized spacial score (nSPS) is 17.2. The summed E-state index contributed by atoms with van der Waals surface area (Å²) < 4.78 is 3.33. The third kappa shape index (κ3) is 1.12. The molecule has 1 aliphatic carbocycles. The van der Waals surface area contributed by atoms with E-state index in [2.05, 4.69) is 43.6 Å². The van der Waals surface area contributed by atoms with E-state index in [0.29, 0.717) is 5.92 Å². The SMILES string of the molecule is Brc1cccn2c(C3CCC3)ncc12. The fraction of sp³-hybridized carbons (Fsp3) is 0.364. The average molecular weight is 251 g/mol. The van der Waals surface area contributed by atoms with Crippen molar-refractivity contribution >= 4 is 21.4 Å². The molecular formula is C11H11BrN2. The molecule has 72 valence electrons. The minimum absolute atomic E-state index is 0.687. The molecule has 2 heterocycles. The average Bonchev–Trinajstić information content (AvgIpc) is 2.48. The highest BCUT2D eigenvalue weighted by molar-refractivity contribution is 9.10. The van der Waals surface area contributed by atoms with E-state index in [0.717, 1.165) is 4.47 Å². The number of hydrogen-bond donors (Lipinski definition) is 0. The van der Waals surface area contributed by atoms with E-state index >= 15 is 0 Å². The maximum Gasteiger partial charge on any atom is 0.116 e. The Morgan fingerprint density at radius 3 is 3.00 bits per heavy atom. The number of pyridine rings is 1. The maximum absolute atomic E-state index is 4.51. The van der Waals surface area contributed by atoms with Gasteiger partial charge < -0.3 is 4.40 Å². The van der Waals surface area contributed by atoms with Crippen LogP contribution in [0, 0.1) is 0 Å². The molecule has 2 aromatic rings. The molecule has 0 aromatic carbocycles. The third-order valence-electron chi connectivity index (χ3n) is 3.02. The van der Waals surface area contributed by atoms with Gasteiger partial charge in [-0.1, -0.05) is 6.42 Å². The predicted octanol–water partition coefficient (Wildman–Crippen LogP) is 3.36. The van der Waals surface area contributed by atoms with Crippen LogP contribution >= 0.6 is 15.9 Å². The van der Waals surface area contributed by atoms with Crippen LogP contribution in [0.2, 0.25) is 0 Å². The van der Waals surface area contributed by atoms with Gasteiger partial charge in [0.2, 0.25) is 0 Å². The van der Waals surface area contributed by atoms with Gasteiger partial charge in [0.05, 0.1) is 11.7 Å². The first-order chi connectivity index (χ1) is 6.86. The van der Waals surface area contributed by atoms with Gasteiger partial charge in [-0.15, -0.1) is 0 Å². The summed E-state index contributed by atoms with van der Waals surface area (Å²) in [5.41, 5.74) is 1.18. The molecule has 0 bridgehead atoms. The second kappa shape index (κ2) is 3.09. The smallest absolute Gasteiger partial charge is 0.116 e. The van der Waals surface area contributed by atoms with Gasteiger partial charge in [-0.3, -0.25) is 0 Å². The Balaban J connectivity index is 2.20. The van der Waals surface area contributed by atoms with Crippen LogP contribution in [0.25, 0.3) is 5.52 Å². The molecule has 1 fully saturated rings. The Morgan fingerprint density at radius 1 is 1.43 bits per heavy atom. The van der Waals surface area contributed by atoms with Gasteiger partial charge in [0.15, 0.2) is 0 Å². The summed E-state index contributed by atoms with van der Waals surface area (Å²) in [5, 5.41) is 0. The highest BCUT2D eigenvalue weighted by Gasteiger charge is 2.23. The zero-order valence-electron chi connectivity index (χ0n) is 7.78. The van der Waals surface area contributed by atoms with Gasteiger partial charge in [-0.2, -0.15) is 0 Å². The van der Waals surface area contributed by atoms with Gasteiger partial charge in [0.25, 0.3) is 0 Å². The van der Waals surface area contributed by atoms with Crippen LogP contribution in [0.5, 0.6) is 0 Å². The van der Waals surface area contributed by atoms with Gasteiger partial charge >= 0.3 is 0 Å². The summed E-state index contributed by atoms with van der Waals surface area (Å²) in [6, 6.07) is 4.11. The Bertz CT molecular complexity index is 471. The minimum atomic E-state index is 0.687. The molecule has 2 aromatic heterocycles. The Morgan fingerprint density at radius 2 is 2.29 bits per heavy atom. The van der Waals surface area contributed by atoms with E-state index < -0.39 is 0 Å². The summed E-state index contributed by atoms with van der Waals surface area (Å²) in [4.78, 5) is 4.51. The number of fused-ring (bicyclic) bond motifs is 1. The van der Waals surface area contributed by atoms with E-state index in [4.69, 9.17) is 0 Å². The molecule has 0 amide bonds. The van der Waals surface area contributed by atoms with Crippen LogP contribution in [-0.2, 0) is 0 Å². The summed E-state index contributed by atoms with van der Waals surface area (Å²) in [7, 11) is 0. The lowest BCUT2D eigenvalue weighted by Crippen LogP contribution is -2.12. The van der Waals surface area contributed by atoms with Crippen LogP contribution < -0.4 is 0 Å². The van der Waals surface area contributed by atoms with E-state index in [1.165, 1.54) is 30.6 Å². The van der Waals surface area contributed by atoms with Crippen molar-refractivity contribution in [1.29, 1.82) is 0 Å². The molecule has 0 aliphatic heterocycles. The molecule has 0 atom stereocenters. The van der Waals surface area contributed by atoms with Crippen molar-refractivity contribution in [2.45, 2.75) is 25.2 Å². The molecule has 0 saturated heterocycles. The van der Waals surface area contributed by atoms with Gasteiger partial charge in [-0.25, -0.2) is 4.98 Å². The summed E-state index contributed by atoms with van der Waals surface area (Å²) >= 11 is 3.54. The molecule has 2 nitrogen and oxygen atoms in total. The largest absolute Gasteiger partial charge is 0.302 e. The molecule has 3 rings (SSSR count). The molecule has 0 radical (unpaired) electrons. The van der Waals surface area contributed by atoms with E-state index in [1.807, 2.05) is 6.20 Å². The first-order valence-corrected chi connectivity index (χ1v) is 5.77. The first kappa shape index (κ1) is 8.48. The molecule has 1 saturated carbocycles. The molecule has 3 heteroatoms. The highest BCUT2D eigenvalue weighted by Crippen LogP contribution is 2.36. The Hall–Kier alpha value is -0.830. The fourth-order valence-corrected chi connectivity index (χ4v) is 2.42. The second-order valence-electron chi connectivity index (χ2n) is 3.86. The van der Waals surface area contributed by atoms with Crippen LogP contribution in [0.15, 0.2) is 29.0 Å². The summed E-state index contributed by atoms with van der Waals surface area (Å²) in [6.07, 6.45) is 8.00. The number of halogens is 1. The van der Waals surface area contributed by atoms with Crippen molar-refractivity contribution < 1.29 is 0 Å². The summed E-state index contributed by atoms with van der Waals surface area (Å²) in [6.45, 7) is 0. The number of nitrogens with zero attached hydrogens (tertiary/aromatic N) is 2. The zero-order valence-corrected chi connectivity index (χ0v) is 9.37. The number of hydrogen-bond acceptors (Lipinski definition) is 1. The third-order valence-corrected chi connectivity index (χ3v) is 3.69. The molecular weight excluding hydrogens is 240 g/mol. The molecule has 14 heavy (non-hydrogen) atoms. The van der Waals surface area contributed by atoms with Crippen molar-refractivity contribution in [2.24, 2.45) is 0 Å². The number of rotatable bonds is 1. The standard InChI is InChI=1S/C11H11BrN2/c12-9-5-2-6-14-10(9)7-13-11(14)8-3-1-4-8/h2,5-8H,1,3-4H2. The maximum atomic E-state index is 4.51. The van der Waals surface area contributed by atoms with E-state index in [-0.39, 0.29) is 0 Å². The van der Waals surface area contributed by atoms with Gasteiger partial charge in [0.1, 0.15) is 5.82 Å². The Kier molecular flexibility index (Phi) is 1.87. The van der Waals surface area contributed by atoms with E-state index in [1.54, 1.807) is 0 Å². The number of imidazole rings is 1. The van der Waals surface area contributed by atoms with Crippen LogP contribution in [0.1, 0.15) is 31.0 Å². The van der Waals surface area contributed by atoms with Crippen molar-refractivity contribution in [2.75, 3.05) is 0 Å². The monoisotopic (exact) mass is 250 g/mol. The molecule has 0 spiro atoms. The van der Waals surface area contributed by atoms with Crippen molar-refractivity contribution in [1.82, 2.24) is 9.38 Å². The zero-order chi connectivity index (χ0) is 9.54. The van der Waals surface area contributed by atoms with Crippen LogP contribution in [0.4, 0.5) is 0 Å². The van der Waals surface area contributed by atoms with Gasteiger partial charge in [0, 0.05) is 16.6 Å². The van der Waals surface area contributed by atoms with Crippen molar-refractivity contribution in [3.8, 4) is 0 Å². The van der Waals surface area contributed by atoms with Crippen molar-refractivity contribution in [3.63, 3.8) is 0 Å². The predicted molar refractivity (Wildman–Crippen MR) is 59.5 cm³/mol. The topological polar surface area (TPSA) is 17.3 Å². The number of aromatic nitrogens is 2. The fourth-order valence-electron chi connectivity index (χ4n) is 1.98. The van der Waals surface area contributed by atoms with Crippen LogP contribution in [0.3, 0.4) is 0 Å². The Labute approximate surface area is 91.1 Å². The molecule has 0 N–H and O–H groups in total. The minimum Gasteiger partial charge on any atom is -0.302 e. The lowest BCUT2D eigenvalue weighted by Gasteiger charge is -2.23.